The van der Waals surface area contributed by atoms with Crippen LogP contribution in [0, 0.1) is 5.82 Å². The second kappa shape index (κ2) is 8.47. The Kier molecular flexibility index (Phi) is 6.29. The summed E-state index contributed by atoms with van der Waals surface area (Å²) in [6, 6.07) is 12.7. The Morgan fingerprint density at radius 1 is 1.12 bits per heavy atom. The first-order valence-electron chi connectivity index (χ1n) is 8.31. The molecule has 26 heavy (non-hydrogen) atoms. The first-order chi connectivity index (χ1) is 12.5. The van der Waals surface area contributed by atoms with Crippen LogP contribution in [0.25, 0.3) is 0 Å². The molecule has 2 aromatic rings. The summed E-state index contributed by atoms with van der Waals surface area (Å²) in [7, 11) is -4.04. The molecular formula is C18H20BrFN2O3S. The fourth-order valence-corrected chi connectivity index (χ4v) is 4.89. The highest BCUT2D eigenvalue weighted by Gasteiger charge is 2.28. The van der Waals surface area contributed by atoms with Gasteiger partial charge in [-0.3, -0.25) is 9.21 Å². The molecule has 0 aliphatic carbocycles. The van der Waals surface area contributed by atoms with Gasteiger partial charge in [0.15, 0.2) is 0 Å². The second-order valence-corrected chi connectivity index (χ2v) is 8.69. The van der Waals surface area contributed by atoms with Crippen molar-refractivity contribution in [3.63, 3.8) is 0 Å². The predicted octanol–water partition coefficient (Wildman–Crippen LogP) is 3.12. The lowest BCUT2D eigenvalue weighted by Gasteiger charge is -2.30. The fourth-order valence-electron chi connectivity index (χ4n) is 2.83. The van der Waals surface area contributed by atoms with Gasteiger partial charge in [-0.05, 0) is 30.3 Å². The smallest absolute Gasteiger partial charge is 0.267 e. The molecule has 0 aromatic heterocycles. The van der Waals surface area contributed by atoms with Gasteiger partial charge in [0.05, 0.1) is 18.9 Å². The highest BCUT2D eigenvalue weighted by atomic mass is 79.9. The Labute approximate surface area is 161 Å². The van der Waals surface area contributed by atoms with E-state index in [1.165, 1.54) is 16.4 Å². The summed E-state index contributed by atoms with van der Waals surface area (Å²) >= 11 is 3.22. The minimum Gasteiger partial charge on any atom is -0.379 e. The minimum absolute atomic E-state index is 0.234. The number of benzene rings is 2. The van der Waals surface area contributed by atoms with Crippen LogP contribution in [0.1, 0.15) is 0 Å². The van der Waals surface area contributed by atoms with Crippen LogP contribution in [-0.4, -0.2) is 52.7 Å². The largest absolute Gasteiger partial charge is 0.379 e. The van der Waals surface area contributed by atoms with Crippen molar-refractivity contribution in [3.8, 4) is 0 Å². The number of anilines is 1. The monoisotopic (exact) mass is 442 g/mol. The van der Waals surface area contributed by atoms with Crippen LogP contribution in [-0.2, 0) is 14.8 Å². The molecule has 0 radical (unpaired) electrons. The molecule has 0 bridgehead atoms. The molecule has 8 heteroatoms. The summed E-state index contributed by atoms with van der Waals surface area (Å²) in [5.74, 6) is -0.763. The lowest BCUT2D eigenvalue weighted by Crippen LogP contribution is -2.43. The molecule has 1 saturated heterocycles. The maximum absolute atomic E-state index is 14.3. The Morgan fingerprint density at radius 3 is 2.50 bits per heavy atom. The Hall–Kier alpha value is -1.48. The first kappa shape index (κ1) is 19.3. The van der Waals surface area contributed by atoms with Gasteiger partial charge in [0.25, 0.3) is 10.0 Å². The average Bonchev–Trinajstić information content (AvgIpc) is 2.65. The van der Waals surface area contributed by atoms with Gasteiger partial charge in [0, 0.05) is 30.7 Å². The molecule has 5 nitrogen and oxygen atoms in total. The highest BCUT2D eigenvalue weighted by molar-refractivity contribution is 9.10. The topological polar surface area (TPSA) is 49.9 Å². The molecule has 0 amide bonds. The molecule has 0 atom stereocenters. The van der Waals surface area contributed by atoms with E-state index in [1.807, 2.05) is 6.07 Å². The van der Waals surface area contributed by atoms with Gasteiger partial charge in [-0.25, -0.2) is 12.8 Å². The number of morpholine rings is 1. The number of rotatable bonds is 6. The van der Waals surface area contributed by atoms with E-state index in [0.717, 1.165) is 19.2 Å². The maximum atomic E-state index is 14.3. The lowest BCUT2D eigenvalue weighted by molar-refractivity contribution is 0.0395. The SMILES string of the molecule is O=S(=O)(c1cc(Br)ccc1F)N(CCN1CCOCC1)c1ccccc1. The van der Waals surface area contributed by atoms with E-state index in [0.29, 0.717) is 29.9 Å². The molecule has 1 heterocycles. The van der Waals surface area contributed by atoms with E-state index in [1.54, 1.807) is 24.3 Å². The minimum atomic E-state index is -4.04. The van der Waals surface area contributed by atoms with Crippen LogP contribution in [0.4, 0.5) is 10.1 Å². The van der Waals surface area contributed by atoms with Crippen molar-refractivity contribution < 1.29 is 17.5 Å². The fraction of sp³-hybridized carbons (Fsp3) is 0.333. The molecule has 0 unspecified atom stereocenters. The quantitative estimate of drug-likeness (QED) is 0.689. The van der Waals surface area contributed by atoms with Crippen molar-refractivity contribution in [2.75, 3.05) is 43.7 Å². The zero-order valence-electron chi connectivity index (χ0n) is 14.1. The lowest BCUT2D eigenvalue weighted by atomic mass is 10.3. The zero-order valence-corrected chi connectivity index (χ0v) is 16.5. The van der Waals surface area contributed by atoms with Crippen molar-refractivity contribution in [2.45, 2.75) is 4.90 Å². The molecular weight excluding hydrogens is 423 g/mol. The van der Waals surface area contributed by atoms with Crippen LogP contribution in [0.15, 0.2) is 57.9 Å². The van der Waals surface area contributed by atoms with E-state index in [-0.39, 0.29) is 11.4 Å². The third-order valence-electron chi connectivity index (χ3n) is 4.23. The van der Waals surface area contributed by atoms with Crippen LogP contribution < -0.4 is 4.31 Å². The first-order valence-corrected chi connectivity index (χ1v) is 10.5. The van der Waals surface area contributed by atoms with Gasteiger partial charge in [0.2, 0.25) is 0 Å². The average molecular weight is 443 g/mol. The highest BCUT2D eigenvalue weighted by Crippen LogP contribution is 2.27. The van der Waals surface area contributed by atoms with Crippen LogP contribution in [0.3, 0.4) is 0 Å². The van der Waals surface area contributed by atoms with Crippen molar-refractivity contribution in [1.29, 1.82) is 0 Å². The summed E-state index contributed by atoms with van der Waals surface area (Å²) in [6.45, 7) is 3.57. The van der Waals surface area contributed by atoms with Crippen molar-refractivity contribution in [3.05, 3.63) is 58.8 Å². The molecule has 140 valence electrons. The molecule has 1 aliphatic heterocycles. The third kappa shape index (κ3) is 4.43. The van der Waals surface area contributed by atoms with Crippen LogP contribution in [0.5, 0.6) is 0 Å². The van der Waals surface area contributed by atoms with E-state index in [2.05, 4.69) is 20.8 Å². The number of sulfonamides is 1. The number of nitrogens with zero attached hydrogens (tertiary/aromatic N) is 2. The predicted molar refractivity (Wildman–Crippen MR) is 102 cm³/mol. The van der Waals surface area contributed by atoms with E-state index >= 15 is 0 Å². The Bertz CT molecular complexity index is 843. The zero-order chi connectivity index (χ0) is 18.6. The van der Waals surface area contributed by atoms with E-state index < -0.39 is 15.8 Å². The summed E-state index contributed by atoms with van der Waals surface area (Å²) < 4.78 is 47.8. The van der Waals surface area contributed by atoms with Crippen LogP contribution >= 0.6 is 15.9 Å². The van der Waals surface area contributed by atoms with Gasteiger partial charge >= 0.3 is 0 Å². The Morgan fingerprint density at radius 2 is 1.81 bits per heavy atom. The number of hydrogen-bond acceptors (Lipinski definition) is 4. The maximum Gasteiger partial charge on any atom is 0.267 e. The number of halogens is 2. The molecule has 3 rings (SSSR count). The van der Waals surface area contributed by atoms with Crippen LogP contribution in [0.2, 0.25) is 0 Å². The molecule has 0 N–H and O–H groups in total. The van der Waals surface area contributed by atoms with Crippen molar-refractivity contribution in [2.24, 2.45) is 0 Å². The van der Waals surface area contributed by atoms with Gasteiger partial charge in [-0.2, -0.15) is 0 Å². The van der Waals surface area contributed by atoms with E-state index in [4.69, 9.17) is 4.74 Å². The molecule has 1 fully saturated rings. The number of hydrogen-bond donors (Lipinski definition) is 0. The van der Waals surface area contributed by atoms with E-state index in [9.17, 15) is 12.8 Å². The van der Waals surface area contributed by atoms with Crippen molar-refractivity contribution >= 4 is 31.6 Å². The summed E-state index contributed by atoms with van der Waals surface area (Å²) in [4.78, 5) is 1.81. The standard InChI is InChI=1S/C18H20BrFN2O3S/c19-15-6-7-17(20)18(14-15)26(23,24)22(16-4-2-1-3-5-16)9-8-21-10-12-25-13-11-21/h1-7,14H,8-13H2. The second-order valence-electron chi connectivity index (χ2n) is 5.94. The van der Waals surface area contributed by atoms with Gasteiger partial charge in [-0.1, -0.05) is 34.1 Å². The van der Waals surface area contributed by atoms with Gasteiger partial charge in [0.1, 0.15) is 10.7 Å². The molecule has 2 aromatic carbocycles. The Balaban J connectivity index is 1.92. The summed E-state index contributed by atoms with van der Waals surface area (Å²) in [5.41, 5.74) is 0.514. The van der Waals surface area contributed by atoms with Gasteiger partial charge in [-0.15, -0.1) is 0 Å². The van der Waals surface area contributed by atoms with Crippen molar-refractivity contribution in [1.82, 2.24) is 4.90 Å². The molecule has 0 spiro atoms. The third-order valence-corrected chi connectivity index (χ3v) is 6.56. The summed E-state index contributed by atoms with van der Waals surface area (Å²) in [5, 5.41) is 0. The van der Waals surface area contributed by atoms with Gasteiger partial charge < -0.3 is 4.74 Å². The summed E-state index contributed by atoms with van der Waals surface area (Å²) in [6.07, 6.45) is 0. The number of para-hydroxylation sites is 1. The number of ether oxygens (including phenoxy) is 1. The molecule has 1 aliphatic rings. The molecule has 0 saturated carbocycles. The normalized spacial score (nSPS) is 15.8.